The number of para-hydroxylation sites is 2. The van der Waals surface area contributed by atoms with Gasteiger partial charge in [-0.3, -0.25) is 19.3 Å². The number of morpholine rings is 1. The largest absolute Gasteiger partial charge is 0.491 e. The van der Waals surface area contributed by atoms with Crippen LogP contribution in [0.15, 0.2) is 158 Å². The third-order valence-corrected chi connectivity index (χ3v) is 14.1. The first-order valence-corrected chi connectivity index (χ1v) is 23.6. The van der Waals surface area contributed by atoms with Gasteiger partial charge in [0.15, 0.2) is 5.13 Å². The minimum Gasteiger partial charge on any atom is -0.491 e. The van der Waals surface area contributed by atoms with Crippen molar-refractivity contribution in [3.05, 3.63) is 191 Å². The second kappa shape index (κ2) is 19.1. The lowest BCUT2D eigenvalue weighted by atomic mass is 9.65. The molecule has 3 aliphatic heterocycles. The average molecular weight is 938 g/mol. The van der Waals surface area contributed by atoms with Gasteiger partial charge in [-0.25, -0.2) is 14.7 Å². The summed E-state index contributed by atoms with van der Waals surface area (Å²) in [6.07, 6.45) is -0.786. The number of thiazole rings is 1. The molecule has 346 valence electrons. The number of nitrogens with one attached hydrogen (secondary N) is 2. The zero-order chi connectivity index (χ0) is 47.6. The van der Waals surface area contributed by atoms with E-state index in [4.69, 9.17) is 14.5 Å². The lowest BCUT2D eigenvalue weighted by Crippen LogP contribution is -2.55. The predicted octanol–water partition coefficient (Wildman–Crippen LogP) is 8.18. The van der Waals surface area contributed by atoms with Gasteiger partial charge in [0, 0.05) is 17.5 Å². The van der Waals surface area contributed by atoms with E-state index in [9.17, 15) is 10.2 Å². The Kier molecular flexibility index (Phi) is 12.5. The Hall–Kier alpha value is -7.67. The second-order valence-corrected chi connectivity index (χ2v) is 18.1. The first-order chi connectivity index (χ1) is 33.7. The van der Waals surface area contributed by atoms with Gasteiger partial charge in [0.25, 0.3) is 0 Å². The minimum atomic E-state index is -2.11. The van der Waals surface area contributed by atoms with Gasteiger partial charge in [-0.15, -0.1) is 0 Å². The first kappa shape index (κ1) is 45.1. The van der Waals surface area contributed by atoms with E-state index >= 15 is 19.2 Å². The molecule has 2 fully saturated rings. The van der Waals surface area contributed by atoms with Crippen molar-refractivity contribution >= 4 is 56.2 Å². The molecule has 0 aliphatic carbocycles. The molecule has 14 heteroatoms. The Morgan fingerprint density at radius 3 is 2.23 bits per heavy atom. The summed E-state index contributed by atoms with van der Waals surface area (Å²) in [6.45, 7) is 1.19. The zero-order valence-electron chi connectivity index (χ0n) is 37.4. The van der Waals surface area contributed by atoms with Crippen LogP contribution in [0.4, 0.5) is 15.6 Å². The average Bonchev–Trinajstić information content (AvgIpc) is 4.02. The van der Waals surface area contributed by atoms with Crippen LogP contribution in [0.3, 0.4) is 0 Å². The number of carbonyl (C=O) groups excluding carboxylic acids is 4. The molecule has 1 aromatic heterocycles. The number of nitrogens with zero attached hydrogens (tertiary/aromatic N) is 3. The molecule has 10 rings (SSSR count). The molecule has 4 heterocycles. The van der Waals surface area contributed by atoms with E-state index in [0.717, 1.165) is 20.7 Å². The van der Waals surface area contributed by atoms with Crippen molar-refractivity contribution in [1.29, 1.82) is 0 Å². The van der Waals surface area contributed by atoms with Crippen LogP contribution in [0.1, 0.15) is 71.0 Å². The Morgan fingerprint density at radius 2 is 1.51 bits per heavy atom. The lowest BCUT2D eigenvalue weighted by Gasteiger charge is -2.46. The second-order valence-electron chi connectivity index (χ2n) is 17.1. The molecule has 0 bridgehead atoms. The number of imide groups is 1. The highest BCUT2D eigenvalue weighted by molar-refractivity contribution is 7.22. The van der Waals surface area contributed by atoms with Gasteiger partial charge >= 0.3 is 12.0 Å². The van der Waals surface area contributed by atoms with E-state index in [1.807, 2.05) is 127 Å². The molecule has 7 aromatic rings. The Bertz CT molecular complexity index is 3090. The number of fused-ring (bicyclic) bond motifs is 4. The van der Waals surface area contributed by atoms with Gasteiger partial charge in [-0.2, -0.15) is 0 Å². The highest BCUT2D eigenvalue weighted by Gasteiger charge is 2.76. The number of esters is 1. The van der Waals surface area contributed by atoms with E-state index < -0.39 is 65.4 Å². The molecule has 0 radical (unpaired) electrons. The van der Waals surface area contributed by atoms with Gasteiger partial charge in [0.05, 0.1) is 53.2 Å². The number of aromatic nitrogens is 1. The van der Waals surface area contributed by atoms with E-state index in [0.29, 0.717) is 22.2 Å². The Balaban J connectivity index is 1.28. The van der Waals surface area contributed by atoms with Crippen molar-refractivity contribution in [2.45, 2.75) is 49.0 Å². The van der Waals surface area contributed by atoms with Crippen molar-refractivity contribution in [2.75, 3.05) is 30.0 Å². The van der Waals surface area contributed by atoms with Crippen molar-refractivity contribution in [3.8, 4) is 17.6 Å². The van der Waals surface area contributed by atoms with Crippen LogP contribution < -0.4 is 20.3 Å². The number of hydrogen-bond donors (Lipinski definition) is 4. The normalized spacial score (nSPS) is 22.0. The number of benzene rings is 6. The SMILES string of the molecule is CC(NC(=O)N1C(=O)C2(c3cc(C#CCCO)ccc31)C(C(=O)Nc1nc3ccccc3s1)C1C(=O)OC(c3ccccc3)C(c3ccccc3)N1C2c1ccccc1OCCO)c1ccccc1. The number of aliphatic hydroxyl groups is 2. The van der Waals surface area contributed by atoms with Crippen molar-refractivity contribution in [3.63, 3.8) is 0 Å². The van der Waals surface area contributed by atoms with Crippen molar-refractivity contribution in [2.24, 2.45) is 5.92 Å². The summed E-state index contributed by atoms with van der Waals surface area (Å²) in [5.74, 6) is 2.54. The van der Waals surface area contributed by atoms with Gasteiger partial charge in [0.2, 0.25) is 11.8 Å². The molecule has 4 N–H and O–H groups in total. The topological polar surface area (TPSA) is 171 Å². The van der Waals surface area contributed by atoms with Crippen LogP contribution >= 0.6 is 11.3 Å². The smallest absolute Gasteiger partial charge is 0.329 e. The Morgan fingerprint density at radius 1 is 0.826 bits per heavy atom. The maximum atomic E-state index is 16.7. The van der Waals surface area contributed by atoms with E-state index in [-0.39, 0.29) is 48.4 Å². The third-order valence-electron chi connectivity index (χ3n) is 13.1. The van der Waals surface area contributed by atoms with Gasteiger partial charge in [-0.1, -0.05) is 145 Å². The summed E-state index contributed by atoms with van der Waals surface area (Å²) in [5.41, 5.74) is 2.04. The molecule has 2 saturated heterocycles. The predicted molar refractivity (Wildman–Crippen MR) is 261 cm³/mol. The van der Waals surface area contributed by atoms with Gasteiger partial charge < -0.3 is 30.3 Å². The number of aliphatic hydroxyl groups excluding tert-OH is 2. The monoisotopic (exact) mass is 937 g/mol. The Labute approximate surface area is 402 Å². The minimum absolute atomic E-state index is 0.112. The fourth-order valence-corrected chi connectivity index (χ4v) is 11.2. The first-order valence-electron chi connectivity index (χ1n) is 22.8. The summed E-state index contributed by atoms with van der Waals surface area (Å²) in [7, 11) is 0. The highest BCUT2D eigenvalue weighted by Crippen LogP contribution is 2.66. The van der Waals surface area contributed by atoms with Crippen molar-refractivity contribution in [1.82, 2.24) is 15.2 Å². The van der Waals surface area contributed by atoms with Crippen molar-refractivity contribution < 1.29 is 38.9 Å². The number of hydrogen-bond acceptors (Lipinski definition) is 11. The maximum Gasteiger partial charge on any atom is 0.329 e. The van der Waals surface area contributed by atoms with Gasteiger partial charge in [0.1, 0.15) is 29.9 Å². The highest BCUT2D eigenvalue weighted by atomic mass is 32.1. The molecule has 6 aromatic carbocycles. The van der Waals surface area contributed by atoms with Crippen LogP contribution in [0, 0.1) is 17.8 Å². The number of amides is 4. The summed E-state index contributed by atoms with van der Waals surface area (Å²) in [5, 5.41) is 26.2. The number of ether oxygens (including phenoxy) is 2. The molecule has 7 unspecified atom stereocenters. The quantitative estimate of drug-likeness (QED) is 0.0733. The molecule has 13 nitrogen and oxygen atoms in total. The van der Waals surface area contributed by atoms with Crippen LogP contribution in [0.5, 0.6) is 5.75 Å². The molecule has 4 amide bonds. The molecule has 69 heavy (non-hydrogen) atoms. The molecule has 3 aliphatic rings. The molecule has 7 atom stereocenters. The number of carbonyl (C=O) groups is 4. The molecule has 1 spiro atoms. The number of rotatable bonds is 11. The number of urea groups is 1. The zero-order valence-corrected chi connectivity index (χ0v) is 38.2. The fraction of sp³-hybridized carbons (Fsp3) is 0.218. The molecule has 0 saturated carbocycles. The third kappa shape index (κ3) is 7.99. The number of cyclic esters (lactones) is 1. The summed E-state index contributed by atoms with van der Waals surface area (Å²) >= 11 is 1.24. The van der Waals surface area contributed by atoms with Crippen LogP contribution in [-0.2, 0) is 24.5 Å². The standard InChI is InChI=1S/C55H47N5O8S/c1-34(36-18-5-2-6-19-36)56-54(66)59-42-29-28-35(17-15-16-30-61)33-40(42)55(52(59)65)45(50(63)58-53-57-41-25-12-14-27-44(41)69-53)47-51(64)68-48(38-22-9-4-10-23-38)46(37-20-7-3-8-21-37)60(47)49(55)39-24-11-13-26-43(39)67-32-31-62/h2-14,18-29,33-34,45-49,61-62H,16,30-32H2,1H3,(H,56,66)(H,57,58,63). The van der Waals surface area contributed by atoms with Crippen LogP contribution in [0.2, 0.25) is 0 Å². The number of anilines is 2. The summed E-state index contributed by atoms with van der Waals surface area (Å²) in [6, 6.07) is 42.8. The van der Waals surface area contributed by atoms with E-state index in [2.05, 4.69) is 22.5 Å². The molecular formula is C55H47N5O8S. The summed E-state index contributed by atoms with van der Waals surface area (Å²) < 4.78 is 13.7. The van der Waals surface area contributed by atoms with Crippen LogP contribution in [-0.4, -0.2) is 69.8 Å². The fourth-order valence-electron chi connectivity index (χ4n) is 10.4. The van der Waals surface area contributed by atoms with E-state index in [1.165, 1.54) is 11.3 Å². The lowest BCUT2D eigenvalue weighted by molar-refractivity contribution is -0.177. The summed E-state index contributed by atoms with van der Waals surface area (Å²) in [4.78, 5) is 71.1. The van der Waals surface area contributed by atoms with E-state index in [1.54, 1.807) is 42.5 Å². The van der Waals surface area contributed by atoms with Gasteiger partial charge in [-0.05, 0) is 65.6 Å². The van der Waals surface area contributed by atoms with Crippen LogP contribution in [0.25, 0.3) is 10.2 Å². The molecular weight excluding hydrogens is 891 g/mol. The maximum absolute atomic E-state index is 16.7.